The van der Waals surface area contributed by atoms with Crippen LogP contribution in [0.25, 0.3) is 0 Å². The molecule has 0 radical (unpaired) electrons. The van der Waals surface area contributed by atoms with E-state index in [1.165, 1.54) is 74.9 Å². The van der Waals surface area contributed by atoms with Gasteiger partial charge in [0.05, 0.1) is 23.0 Å². The molecule has 18 unspecified atom stereocenters. The number of carbonyl (C=O) groups is 2. The number of aliphatic hydroxyl groups excluding tert-OH is 2. The van der Waals surface area contributed by atoms with Crippen LogP contribution in [0.2, 0.25) is 0 Å². The first-order valence-electron chi connectivity index (χ1n) is 38.7. The number of hydrogen-bond donors (Lipinski definition) is 4. The topological polar surface area (TPSA) is 152 Å². The minimum atomic E-state index is -0.916. The number of fused-ring (bicyclic) bond motifs is 12. The third kappa shape index (κ3) is 13.1. The summed E-state index contributed by atoms with van der Waals surface area (Å²) in [5.74, 6) is 2.95. The van der Waals surface area contributed by atoms with Gasteiger partial charge < -0.3 is 19.7 Å². The molecule has 10 aliphatic rings. The Hall–Kier alpha value is -3.90. The third-order valence-corrected chi connectivity index (χ3v) is 29.9. The fraction of sp³-hybridized carbons (Fsp3) is 0.744. The summed E-state index contributed by atoms with van der Waals surface area (Å²) in [4.78, 5) is 38.6. The first-order valence-corrected chi connectivity index (χ1v) is 38.7. The molecule has 0 heterocycles. The molecule has 96 heavy (non-hydrogen) atoms. The number of hydrogen-bond acceptors (Lipinski definition) is 10. The average Bonchev–Trinajstić information content (AvgIpc) is 0.747. The Morgan fingerprint density at radius 1 is 0.469 bits per heavy atom. The van der Waals surface area contributed by atoms with Crippen LogP contribution in [-0.2, 0) is 52.5 Å². The zero-order valence-corrected chi connectivity index (χ0v) is 62.6. The molecule has 2 aromatic rings. The van der Waals surface area contributed by atoms with Crippen LogP contribution in [0.5, 0.6) is 0 Å². The zero-order chi connectivity index (χ0) is 69.3. The Balaban J connectivity index is 0.000000195. The summed E-state index contributed by atoms with van der Waals surface area (Å²) >= 11 is 0. The van der Waals surface area contributed by atoms with Gasteiger partial charge >= 0.3 is 11.9 Å². The van der Waals surface area contributed by atoms with Gasteiger partial charge in [-0.2, -0.15) is 0 Å². The van der Waals surface area contributed by atoms with Crippen molar-refractivity contribution in [2.45, 2.75) is 325 Å². The Bertz CT molecular complexity index is 3300. The van der Waals surface area contributed by atoms with E-state index in [-0.39, 0.29) is 82.3 Å². The number of allylic oxidation sites excluding steroid dienone is 8. The van der Waals surface area contributed by atoms with Crippen LogP contribution in [0.15, 0.2) is 82.0 Å². The van der Waals surface area contributed by atoms with Crippen molar-refractivity contribution in [2.75, 3.05) is 13.2 Å². The normalized spacial score (nSPS) is 37.4. The Kier molecular flexibility index (Phi) is 21.5. The molecule has 4 N–H and O–H groups in total. The maximum atomic E-state index is 14.0. The number of aryl methyl sites for hydroxylation is 2. The lowest BCUT2D eigenvalue weighted by atomic mass is 9.44. The van der Waals surface area contributed by atoms with Gasteiger partial charge in [-0.1, -0.05) is 166 Å². The molecular formula is C86H128O10. The van der Waals surface area contributed by atoms with Crippen molar-refractivity contribution in [1.29, 1.82) is 0 Å². The number of ether oxygens (including phenoxy) is 2. The van der Waals surface area contributed by atoms with Gasteiger partial charge in [0.2, 0.25) is 0 Å². The molecule has 18 atom stereocenters. The first-order chi connectivity index (χ1) is 45.3. The Morgan fingerprint density at radius 2 is 0.854 bits per heavy atom. The quantitative estimate of drug-likeness (QED) is 0.0726. The molecule has 12 rings (SSSR count). The van der Waals surface area contributed by atoms with Gasteiger partial charge in [-0.3, -0.25) is 20.1 Å². The van der Waals surface area contributed by atoms with Crippen LogP contribution >= 0.6 is 0 Å². The van der Waals surface area contributed by atoms with E-state index >= 15 is 0 Å². The van der Waals surface area contributed by atoms with Gasteiger partial charge in [-0.25, -0.2) is 9.78 Å². The summed E-state index contributed by atoms with van der Waals surface area (Å²) in [6.07, 6.45) is 27.8. The zero-order valence-electron chi connectivity index (χ0n) is 62.6. The first kappa shape index (κ1) is 73.3. The summed E-state index contributed by atoms with van der Waals surface area (Å²) in [5.41, 5.74) is 16.1. The summed E-state index contributed by atoms with van der Waals surface area (Å²) in [5, 5.41) is 43.4. The average molecular weight is 1320 g/mol. The van der Waals surface area contributed by atoms with Crippen molar-refractivity contribution in [3.8, 4) is 0 Å². The third-order valence-electron chi connectivity index (χ3n) is 29.9. The number of esters is 2. The monoisotopic (exact) mass is 1320 g/mol. The van der Waals surface area contributed by atoms with Gasteiger partial charge in [0.1, 0.15) is 25.4 Å². The summed E-state index contributed by atoms with van der Waals surface area (Å²) in [7, 11) is 0. The van der Waals surface area contributed by atoms with Crippen molar-refractivity contribution in [2.24, 2.45) is 68.0 Å². The van der Waals surface area contributed by atoms with Crippen LogP contribution in [0.3, 0.4) is 0 Å². The van der Waals surface area contributed by atoms with Crippen LogP contribution in [0.1, 0.15) is 310 Å². The van der Waals surface area contributed by atoms with Crippen LogP contribution in [0.4, 0.5) is 0 Å². The maximum absolute atomic E-state index is 14.0. The van der Waals surface area contributed by atoms with E-state index in [1.807, 2.05) is 0 Å². The molecule has 6 saturated carbocycles. The highest BCUT2D eigenvalue weighted by atomic mass is 17.1. The molecule has 10 heteroatoms. The van der Waals surface area contributed by atoms with E-state index in [4.69, 9.17) is 19.2 Å². The lowest BCUT2D eigenvalue weighted by Gasteiger charge is -2.61. The van der Waals surface area contributed by atoms with Gasteiger partial charge in [0, 0.05) is 23.7 Å². The summed E-state index contributed by atoms with van der Waals surface area (Å²) < 4.78 is 12.1. The van der Waals surface area contributed by atoms with Crippen molar-refractivity contribution in [3.05, 3.63) is 115 Å². The smallest absolute Gasteiger partial charge is 0.312 e. The fourth-order valence-electron chi connectivity index (χ4n) is 24.4. The highest BCUT2D eigenvalue weighted by Gasteiger charge is 2.62. The van der Waals surface area contributed by atoms with Crippen LogP contribution < -0.4 is 0 Å². The highest BCUT2D eigenvalue weighted by Crippen LogP contribution is 2.67. The van der Waals surface area contributed by atoms with Crippen LogP contribution in [-0.4, -0.2) is 70.3 Å². The second-order valence-corrected chi connectivity index (χ2v) is 36.5. The molecule has 10 aliphatic carbocycles. The molecule has 2 aromatic carbocycles. The SMILES string of the molecule is CC(C)=C1C=C2CCC3C(C)(C(=O)OCC(O)CC(OO)C4(C)CCCC5(C)C6CCC(=C(C)C)C=C6CCC45)CCCC3(C)C2CC1.CC(C)c1ccc2c(c1)CCC1C(C)(C(=O)OCC(O)CC(OO)C3(C)CCCC4(C)c5ccc(C(C)C)cc5CCC43)CCCC21C. The van der Waals surface area contributed by atoms with E-state index < -0.39 is 35.2 Å². The predicted octanol–water partition coefficient (Wildman–Crippen LogP) is 20.5. The van der Waals surface area contributed by atoms with Gasteiger partial charge in [0.15, 0.2) is 0 Å². The lowest BCUT2D eigenvalue weighted by molar-refractivity contribution is -0.323. The molecular weight excluding hydrogens is 1190 g/mol. The largest absolute Gasteiger partial charge is 0.463 e. The predicted molar refractivity (Wildman–Crippen MR) is 385 cm³/mol. The van der Waals surface area contributed by atoms with E-state index in [2.05, 4.69) is 159 Å². The molecule has 532 valence electrons. The Labute approximate surface area is 579 Å². The fourth-order valence-corrected chi connectivity index (χ4v) is 24.4. The molecule has 0 bridgehead atoms. The minimum absolute atomic E-state index is 0.0124. The van der Waals surface area contributed by atoms with E-state index in [1.54, 1.807) is 11.1 Å². The standard InChI is InChI=1S/C43H66O5.C43H62O5/c2*1-27(2)29-11-15-34-31(23-29)13-17-36-40(34,5)19-9-21-42(36,7)38(48-46)25-33(44)26-47-39(45)43(8)22-10-20-41(6)35-16-12-30(28(3)4)24-32(35)14-18-37(41)43/h23-24,33-38,44,46H,9-22,25-26H2,1-8H3;11-12,15-16,23-24,27-28,33,36-38,44,46H,9-10,13-14,17-22,25-26H2,1-8H3. The number of rotatable bonds is 16. The molecule has 0 amide bonds. The lowest BCUT2D eigenvalue weighted by Crippen LogP contribution is -2.56. The number of benzene rings is 2. The molecule has 0 spiro atoms. The summed E-state index contributed by atoms with van der Waals surface area (Å²) in [6.45, 7) is 36.3. The highest BCUT2D eigenvalue weighted by molar-refractivity contribution is 5.78. The van der Waals surface area contributed by atoms with Crippen LogP contribution in [0, 0.1) is 68.0 Å². The van der Waals surface area contributed by atoms with Crippen molar-refractivity contribution >= 4 is 11.9 Å². The van der Waals surface area contributed by atoms with Crippen molar-refractivity contribution < 1.29 is 49.6 Å². The number of aliphatic hydroxyl groups is 2. The van der Waals surface area contributed by atoms with E-state index in [9.17, 15) is 30.3 Å². The minimum Gasteiger partial charge on any atom is -0.463 e. The molecule has 10 nitrogen and oxygen atoms in total. The van der Waals surface area contributed by atoms with Gasteiger partial charge in [-0.15, -0.1) is 0 Å². The van der Waals surface area contributed by atoms with Crippen molar-refractivity contribution in [3.63, 3.8) is 0 Å². The molecule has 0 aliphatic heterocycles. The van der Waals surface area contributed by atoms with Gasteiger partial charge in [-0.05, 0) is 283 Å². The second-order valence-electron chi connectivity index (χ2n) is 36.5. The molecule has 0 saturated heterocycles. The van der Waals surface area contributed by atoms with E-state index in [0.717, 1.165) is 135 Å². The molecule has 0 aromatic heterocycles. The second kappa shape index (κ2) is 28.1. The maximum Gasteiger partial charge on any atom is 0.312 e. The van der Waals surface area contributed by atoms with Crippen molar-refractivity contribution in [1.82, 2.24) is 0 Å². The molecule has 6 fully saturated rings. The Morgan fingerprint density at radius 3 is 1.31 bits per heavy atom. The number of carbonyl (C=O) groups excluding carboxylic acids is 2. The summed E-state index contributed by atoms with van der Waals surface area (Å²) in [6, 6.07) is 14.1. The van der Waals surface area contributed by atoms with Gasteiger partial charge in [0.25, 0.3) is 0 Å². The van der Waals surface area contributed by atoms with E-state index in [0.29, 0.717) is 35.5 Å².